The van der Waals surface area contributed by atoms with E-state index in [4.69, 9.17) is 0 Å². The largest absolute Gasteiger partial charge is 0.273 e. The maximum absolute atomic E-state index is 11.6. The zero-order valence-corrected chi connectivity index (χ0v) is 10.3. The molecule has 0 atom stereocenters. The second-order valence-electron chi connectivity index (χ2n) is 3.90. The van der Waals surface area contributed by atoms with Crippen LogP contribution in [0.5, 0.6) is 0 Å². The average Bonchev–Trinajstić information content (AvgIpc) is 2.46. The molecular weight excluding hydrogens is 224 g/mol. The van der Waals surface area contributed by atoms with E-state index in [-0.39, 0.29) is 5.91 Å². The summed E-state index contributed by atoms with van der Waals surface area (Å²) in [7, 11) is 0. The summed E-state index contributed by atoms with van der Waals surface area (Å²) in [6.45, 7) is 1.84. The van der Waals surface area contributed by atoms with E-state index in [9.17, 15) is 4.79 Å². The number of nitrogens with zero attached hydrogens (tertiary/aromatic N) is 1. The number of nitrogens with one attached hydrogen (secondary N) is 1. The number of carbonyl (C=O) groups is 1. The van der Waals surface area contributed by atoms with Gasteiger partial charge in [0.05, 0.1) is 11.4 Å². The molecule has 0 saturated heterocycles. The molecule has 0 aliphatic rings. The van der Waals surface area contributed by atoms with Crippen LogP contribution in [0.4, 0.5) is 11.4 Å². The van der Waals surface area contributed by atoms with Crippen LogP contribution in [0.2, 0.25) is 0 Å². The Morgan fingerprint density at radius 2 is 1.39 bits per heavy atom. The first-order valence-electron chi connectivity index (χ1n) is 6.01. The maximum atomic E-state index is 11.6. The molecule has 2 aromatic carbocycles. The summed E-state index contributed by atoms with van der Waals surface area (Å²) in [6, 6.07) is 19.5. The SMILES string of the molecule is CCC(=O)NN(c1ccccc1)c1ccccc1. The molecule has 0 spiro atoms. The van der Waals surface area contributed by atoms with Gasteiger partial charge in [-0.25, -0.2) is 0 Å². The second kappa shape index (κ2) is 5.87. The van der Waals surface area contributed by atoms with Crippen LogP contribution in [0.15, 0.2) is 60.7 Å². The molecule has 0 aromatic heterocycles. The van der Waals surface area contributed by atoms with Crippen molar-refractivity contribution in [2.75, 3.05) is 5.01 Å². The molecule has 0 unspecified atom stereocenters. The summed E-state index contributed by atoms with van der Waals surface area (Å²) < 4.78 is 0. The predicted octanol–water partition coefficient (Wildman–Crippen LogP) is 3.27. The fourth-order valence-electron chi connectivity index (χ4n) is 1.64. The molecule has 3 nitrogen and oxygen atoms in total. The van der Waals surface area contributed by atoms with Crippen LogP contribution in [-0.2, 0) is 4.79 Å². The van der Waals surface area contributed by atoms with E-state index < -0.39 is 0 Å². The predicted molar refractivity (Wildman–Crippen MR) is 73.5 cm³/mol. The number of rotatable bonds is 4. The summed E-state index contributed by atoms with van der Waals surface area (Å²) in [5, 5.41) is 1.80. The zero-order chi connectivity index (χ0) is 12.8. The Morgan fingerprint density at radius 1 is 0.944 bits per heavy atom. The number of benzene rings is 2. The summed E-state index contributed by atoms with van der Waals surface area (Å²) in [6.07, 6.45) is 0.455. The molecule has 0 fully saturated rings. The molecule has 3 heteroatoms. The van der Waals surface area contributed by atoms with Gasteiger partial charge in [-0.2, -0.15) is 0 Å². The van der Waals surface area contributed by atoms with E-state index >= 15 is 0 Å². The number of carbonyl (C=O) groups excluding carboxylic acids is 1. The van der Waals surface area contributed by atoms with Crippen LogP contribution in [0.25, 0.3) is 0 Å². The topological polar surface area (TPSA) is 32.3 Å². The lowest BCUT2D eigenvalue weighted by molar-refractivity contribution is -0.120. The quantitative estimate of drug-likeness (QED) is 0.832. The normalized spacial score (nSPS) is 9.83. The lowest BCUT2D eigenvalue weighted by Gasteiger charge is -2.25. The number of hydrogen-bond donors (Lipinski definition) is 1. The molecule has 0 aliphatic heterocycles. The minimum Gasteiger partial charge on any atom is -0.273 e. The van der Waals surface area contributed by atoms with E-state index in [0.29, 0.717) is 6.42 Å². The lowest BCUT2D eigenvalue weighted by atomic mass is 10.2. The van der Waals surface area contributed by atoms with Gasteiger partial charge >= 0.3 is 0 Å². The van der Waals surface area contributed by atoms with Crippen molar-refractivity contribution < 1.29 is 4.79 Å². The summed E-state index contributed by atoms with van der Waals surface area (Å²) in [4.78, 5) is 11.6. The Labute approximate surface area is 107 Å². The van der Waals surface area contributed by atoms with Crippen molar-refractivity contribution in [3.05, 3.63) is 60.7 Å². The molecular formula is C15H16N2O. The van der Waals surface area contributed by atoms with Crippen LogP contribution < -0.4 is 10.4 Å². The Kier molecular flexibility index (Phi) is 3.97. The van der Waals surface area contributed by atoms with Crippen LogP contribution in [0.1, 0.15) is 13.3 Å². The van der Waals surface area contributed by atoms with E-state index in [2.05, 4.69) is 5.43 Å². The minimum atomic E-state index is -0.0114. The number of amides is 1. The molecule has 18 heavy (non-hydrogen) atoms. The first-order valence-corrected chi connectivity index (χ1v) is 6.01. The van der Waals surface area contributed by atoms with Crippen LogP contribution >= 0.6 is 0 Å². The van der Waals surface area contributed by atoms with Crippen LogP contribution in [0, 0.1) is 0 Å². The molecule has 1 amide bonds. The van der Waals surface area contributed by atoms with E-state index in [0.717, 1.165) is 11.4 Å². The monoisotopic (exact) mass is 240 g/mol. The highest BCUT2D eigenvalue weighted by Gasteiger charge is 2.10. The third-order valence-corrected chi connectivity index (χ3v) is 2.59. The zero-order valence-electron chi connectivity index (χ0n) is 10.3. The first-order chi connectivity index (χ1) is 8.81. The summed E-state index contributed by atoms with van der Waals surface area (Å²) in [5.41, 5.74) is 4.76. The maximum Gasteiger partial charge on any atom is 0.238 e. The summed E-state index contributed by atoms with van der Waals surface area (Å²) >= 11 is 0. The number of hydrogen-bond acceptors (Lipinski definition) is 2. The minimum absolute atomic E-state index is 0.0114. The van der Waals surface area contributed by atoms with Crippen molar-refractivity contribution in [2.24, 2.45) is 0 Å². The average molecular weight is 240 g/mol. The summed E-state index contributed by atoms with van der Waals surface area (Å²) in [5.74, 6) is -0.0114. The van der Waals surface area contributed by atoms with Gasteiger partial charge in [0.1, 0.15) is 0 Å². The Bertz CT molecular complexity index is 457. The van der Waals surface area contributed by atoms with E-state index in [1.807, 2.05) is 67.6 Å². The third-order valence-electron chi connectivity index (χ3n) is 2.59. The Hall–Kier alpha value is -2.29. The van der Waals surface area contributed by atoms with E-state index in [1.54, 1.807) is 5.01 Å². The van der Waals surface area contributed by atoms with Crippen molar-refractivity contribution in [1.29, 1.82) is 0 Å². The van der Waals surface area contributed by atoms with Crippen molar-refractivity contribution in [2.45, 2.75) is 13.3 Å². The van der Waals surface area contributed by atoms with Crippen molar-refractivity contribution in [3.63, 3.8) is 0 Å². The molecule has 0 radical (unpaired) electrons. The van der Waals surface area contributed by atoms with Crippen molar-refractivity contribution in [3.8, 4) is 0 Å². The van der Waals surface area contributed by atoms with Crippen LogP contribution in [-0.4, -0.2) is 5.91 Å². The molecule has 0 aliphatic carbocycles. The standard InChI is InChI=1S/C15H16N2O/c1-2-15(18)16-17(13-9-5-3-6-10-13)14-11-7-4-8-12-14/h3-12H,2H2,1H3,(H,16,18). The van der Waals surface area contributed by atoms with Gasteiger partial charge in [0.15, 0.2) is 0 Å². The smallest absolute Gasteiger partial charge is 0.238 e. The highest BCUT2D eigenvalue weighted by atomic mass is 16.2. The van der Waals surface area contributed by atoms with Crippen molar-refractivity contribution in [1.82, 2.24) is 5.43 Å². The Balaban J connectivity index is 2.32. The third kappa shape index (κ3) is 2.88. The number of para-hydroxylation sites is 2. The molecule has 0 bridgehead atoms. The molecule has 2 aromatic rings. The number of anilines is 2. The van der Waals surface area contributed by atoms with Gasteiger partial charge in [-0.3, -0.25) is 15.2 Å². The molecule has 0 heterocycles. The van der Waals surface area contributed by atoms with Gasteiger partial charge in [-0.1, -0.05) is 43.3 Å². The van der Waals surface area contributed by atoms with Gasteiger partial charge < -0.3 is 0 Å². The van der Waals surface area contributed by atoms with Gasteiger partial charge in [-0.05, 0) is 24.3 Å². The highest BCUT2D eigenvalue weighted by molar-refractivity contribution is 5.80. The molecule has 1 N–H and O–H groups in total. The van der Waals surface area contributed by atoms with Crippen molar-refractivity contribution >= 4 is 17.3 Å². The van der Waals surface area contributed by atoms with E-state index in [1.165, 1.54) is 0 Å². The van der Waals surface area contributed by atoms with Gasteiger partial charge in [0, 0.05) is 6.42 Å². The fourth-order valence-corrected chi connectivity index (χ4v) is 1.64. The molecule has 0 saturated carbocycles. The molecule has 92 valence electrons. The number of hydrazine groups is 1. The highest BCUT2D eigenvalue weighted by Crippen LogP contribution is 2.22. The van der Waals surface area contributed by atoms with Gasteiger partial charge in [0.2, 0.25) is 5.91 Å². The lowest BCUT2D eigenvalue weighted by Crippen LogP contribution is -2.38. The Morgan fingerprint density at radius 3 is 1.78 bits per heavy atom. The molecule has 2 rings (SSSR count). The van der Waals surface area contributed by atoms with Gasteiger partial charge in [-0.15, -0.1) is 0 Å². The second-order valence-corrected chi connectivity index (χ2v) is 3.90. The van der Waals surface area contributed by atoms with Crippen LogP contribution in [0.3, 0.4) is 0 Å². The first kappa shape index (κ1) is 12.2. The fraction of sp³-hybridized carbons (Fsp3) is 0.133. The van der Waals surface area contributed by atoms with Gasteiger partial charge in [0.25, 0.3) is 0 Å².